The van der Waals surface area contributed by atoms with Crippen LogP contribution >= 0.6 is 0 Å². The summed E-state index contributed by atoms with van der Waals surface area (Å²) in [4.78, 5) is 2.50. The summed E-state index contributed by atoms with van der Waals surface area (Å²) in [6.07, 6.45) is 0. The summed E-state index contributed by atoms with van der Waals surface area (Å²) in [5, 5.41) is 4.68. The molecule has 0 bridgehead atoms. The minimum Gasteiger partial charge on any atom is -0.456 e. The maximum Gasteiger partial charge on any atom is 0.136 e. The number of hydrogen-bond acceptors (Lipinski definition) is 2. The lowest BCUT2D eigenvalue weighted by Crippen LogP contribution is -2.15. The van der Waals surface area contributed by atoms with Crippen molar-refractivity contribution in [1.29, 1.82) is 0 Å². The van der Waals surface area contributed by atoms with Crippen LogP contribution in [0.25, 0.3) is 77.2 Å². The summed E-state index contributed by atoms with van der Waals surface area (Å²) in [6.45, 7) is 4.71. The molecule has 1 aromatic heterocycles. The van der Waals surface area contributed by atoms with Crippen LogP contribution < -0.4 is 4.90 Å². The van der Waals surface area contributed by atoms with Gasteiger partial charge in [0.05, 0.1) is 17.1 Å². The van der Waals surface area contributed by atoms with Gasteiger partial charge in [0.2, 0.25) is 0 Å². The predicted octanol–water partition coefficient (Wildman–Crippen LogP) is 15.5. The lowest BCUT2D eigenvalue weighted by molar-refractivity contribution is 0.660. The summed E-state index contributed by atoms with van der Waals surface area (Å²) >= 11 is 0. The first-order chi connectivity index (χ1) is 28.1. The van der Waals surface area contributed by atoms with Crippen LogP contribution in [-0.2, 0) is 5.41 Å². The van der Waals surface area contributed by atoms with E-state index < -0.39 is 0 Å². The maximum absolute atomic E-state index is 6.45. The summed E-state index contributed by atoms with van der Waals surface area (Å²) in [6, 6.07) is 72.8. The van der Waals surface area contributed by atoms with E-state index >= 15 is 0 Å². The van der Waals surface area contributed by atoms with Crippen LogP contribution in [-0.4, -0.2) is 0 Å². The van der Waals surface area contributed by atoms with Gasteiger partial charge < -0.3 is 9.32 Å². The molecule has 2 nitrogen and oxygen atoms in total. The lowest BCUT2D eigenvalue weighted by atomic mass is 9.82. The Morgan fingerprint density at radius 2 is 0.912 bits per heavy atom. The Morgan fingerprint density at radius 3 is 1.70 bits per heavy atom. The van der Waals surface area contributed by atoms with Crippen molar-refractivity contribution in [2.45, 2.75) is 19.3 Å². The Kier molecular flexibility index (Phi) is 7.55. The van der Waals surface area contributed by atoms with Crippen LogP contribution in [0, 0.1) is 0 Å². The molecule has 11 rings (SSSR count). The molecule has 0 aliphatic heterocycles. The molecule has 0 amide bonds. The summed E-state index contributed by atoms with van der Waals surface area (Å²) in [5.74, 6) is 0. The first-order valence-corrected chi connectivity index (χ1v) is 19.8. The van der Waals surface area contributed by atoms with Crippen LogP contribution in [0.3, 0.4) is 0 Å². The van der Waals surface area contributed by atoms with E-state index in [4.69, 9.17) is 4.42 Å². The minimum atomic E-state index is -0.113. The maximum atomic E-state index is 6.45. The molecule has 0 spiro atoms. The van der Waals surface area contributed by atoms with Crippen LogP contribution in [0.5, 0.6) is 0 Å². The quantitative estimate of drug-likeness (QED) is 0.169. The second-order valence-electron chi connectivity index (χ2n) is 15.6. The first-order valence-electron chi connectivity index (χ1n) is 19.8. The molecule has 1 heterocycles. The number of benzene rings is 9. The van der Waals surface area contributed by atoms with E-state index in [1.807, 2.05) is 6.07 Å². The van der Waals surface area contributed by atoms with Crippen LogP contribution in [0.1, 0.15) is 25.0 Å². The average Bonchev–Trinajstić information content (AvgIpc) is 3.76. The molecule has 0 atom stereocenters. The fraction of sp³-hybridized carbons (Fsp3) is 0.0545. The van der Waals surface area contributed by atoms with E-state index in [0.717, 1.165) is 55.7 Å². The molecule has 0 saturated heterocycles. The molecule has 0 radical (unpaired) electrons. The van der Waals surface area contributed by atoms with Gasteiger partial charge in [0.1, 0.15) is 11.2 Å². The first kappa shape index (κ1) is 33.2. The van der Waals surface area contributed by atoms with Gasteiger partial charge in [-0.3, -0.25) is 0 Å². The van der Waals surface area contributed by atoms with E-state index in [0.29, 0.717) is 0 Å². The van der Waals surface area contributed by atoms with E-state index in [1.54, 1.807) is 0 Å². The lowest BCUT2D eigenvalue weighted by Gasteiger charge is -2.32. The monoisotopic (exact) mass is 729 g/mol. The Labute approximate surface area is 332 Å². The standard InChI is InChI=1S/C55H39NO/c1-55(2)46-26-10-5-22-44(46)53-42(24-15-27-47(53)55)40-20-7-12-29-49(40)56(48-28-11-6-19-39(48)38-34-33-36-17-3-4-18-37(36)35-38)50-30-13-8-21-41(50)43-25-16-32-52-54(43)45-23-9-14-31-51(45)57-52/h3-35H,1-2H3. The second kappa shape index (κ2) is 13.0. The van der Waals surface area contributed by atoms with Crippen LogP contribution in [0.2, 0.25) is 0 Å². The van der Waals surface area contributed by atoms with Crippen molar-refractivity contribution in [2.24, 2.45) is 0 Å². The minimum absolute atomic E-state index is 0.113. The third kappa shape index (κ3) is 5.18. The van der Waals surface area contributed by atoms with E-state index in [9.17, 15) is 0 Å². The molecule has 9 aromatic carbocycles. The van der Waals surface area contributed by atoms with Crippen LogP contribution in [0.15, 0.2) is 205 Å². The zero-order valence-corrected chi connectivity index (χ0v) is 31.9. The van der Waals surface area contributed by atoms with Crippen molar-refractivity contribution in [3.63, 3.8) is 0 Å². The second-order valence-corrected chi connectivity index (χ2v) is 15.6. The largest absolute Gasteiger partial charge is 0.456 e. The number of rotatable bonds is 6. The predicted molar refractivity (Wildman–Crippen MR) is 240 cm³/mol. The van der Waals surface area contributed by atoms with Gasteiger partial charge in [-0.1, -0.05) is 178 Å². The number of anilines is 3. The summed E-state index contributed by atoms with van der Waals surface area (Å²) in [7, 11) is 0. The highest BCUT2D eigenvalue weighted by Gasteiger charge is 2.37. The Hall–Kier alpha value is -7.16. The third-order valence-corrected chi connectivity index (χ3v) is 12.1. The Balaban J connectivity index is 1.21. The number of nitrogens with zero attached hydrogens (tertiary/aromatic N) is 1. The molecular formula is C55H39NO. The number of fused-ring (bicyclic) bond motifs is 7. The number of hydrogen-bond donors (Lipinski definition) is 0. The van der Waals surface area contributed by atoms with Gasteiger partial charge in [0, 0.05) is 32.9 Å². The fourth-order valence-corrected chi connectivity index (χ4v) is 9.43. The van der Waals surface area contributed by atoms with Crippen molar-refractivity contribution >= 4 is 49.8 Å². The molecule has 10 aromatic rings. The highest BCUT2D eigenvalue weighted by atomic mass is 16.3. The Bertz CT molecular complexity index is 3180. The van der Waals surface area contributed by atoms with Crippen LogP contribution in [0.4, 0.5) is 17.1 Å². The highest BCUT2D eigenvalue weighted by Crippen LogP contribution is 2.55. The number of para-hydroxylation sites is 4. The summed E-state index contributed by atoms with van der Waals surface area (Å²) in [5.41, 5.74) is 17.3. The zero-order chi connectivity index (χ0) is 38.1. The number of furan rings is 1. The molecule has 0 fully saturated rings. The average molecular weight is 730 g/mol. The van der Waals surface area contributed by atoms with Gasteiger partial charge in [-0.25, -0.2) is 0 Å². The van der Waals surface area contributed by atoms with Crippen molar-refractivity contribution in [2.75, 3.05) is 4.90 Å². The fourth-order valence-electron chi connectivity index (χ4n) is 9.43. The van der Waals surface area contributed by atoms with Crippen molar-refractivity contribution in [3.05, 3.63) is 211 Å². The highest BCUT2D eigenvalue weighted by molar-refractivity contribution is 6.14. The SMILES string of the molecule is CC1(C)c2ccccc2-c2c(-c3ccccc3N(c3ccccc3-c3ccc4ccccc4c3)c3ccccc3-c3cccc4oc5ccccc5c34)cccc21. The molecule has 2 heteroatoms. The normalized spacial score (nSPS) is 12.9. The van der Waals surface area contributed by atoms with Gasteiger partial charge in [0.15, 0.2) is 0 Å². The van der Waals surface area contributed by atoms with E-state index in [-0.39, 0.29) is 5.41 Å². The molecule has 0 unspecified atom stereocenters. The van der Waals surface area contributed by atoms with Crippen molar-refractivity contribution in [3.8, 4) is 44.5 Å². The van der Waals surface area contributed by atoms with Gasteiger partial charge in [-0.2, -0.15) is 0 Å². The van der Waals surface area contributed by atoms with Crippen molar-refractivity contribution < 1.29 is 4.42 Å². The Morgan fingerprint density at radius 1 is 0.386 bits per heavy atom. The van der Waals surface area contributed by atoms with Gasteiger partial charge in [-0.05, 0) is 86.1 Å². The topological polar surface area (TPSA) is 16.4 Å². The van der Waals surface area contributed by atoms with E-state index in [2.05, 4.69) is 213 Å². The molecule has 1 aliphatic rings. The van der Waals surface area contributed by atoms with Gasteiger partial charge in [-0.15, -0.1) is 0 Å². The van der Waals surface area contributed by atoms with E-state index in [1.165, 1.54) is 49.7 Å². The third-order valence-electron chi connectivity index (χ3n) is 12.1. The molecule has 270 valence electrons. The zero-order valence-electron chi connectivity index (χ0n) is 31.9. The summed E-state index contributed by atoms with van der Waals surface area (Å²) < 4.78 is 6.45. The van der Waals surface area contributed by atoms with Gasteiger partial charge >= 0.3 is 0 Å². The smallest absolute Gasteiger partial charge is 0.136 e. The van der Waals surface area contributed by atoms with Gasteiger partial charge in [0.25, 0.3) is 0 Å². The molecular weight excluding hydrogens is 691 g/mol. The molecule has 0 saturated carbocycles. The molecule has 0 N–H and O–H groups in total. The molecule has 57 heavy (non-hydrogen) atoms. The van der Waals surface area contributed by atoms with Crippen molar-refractivity contribution in [1.82, 2.24) is 0 Å². The molecule has 1 aliphatic carbocycles.